The van der Waals surface area contributed by atoms with Gasteiger partial charge in [-0.3, -0.25) is 9.59 Å². The second-order valence-electron chi connectivity index (χ2n) is 3.53. The van der Waals surface area contributed by atoms with E-state index in [1.54, 1.807) is 0 Å². The topological polar surface area (TPSA) is 122 Å². The number of carbonyl (C=O) groups is 3. The zero-order chi connectivity index (χ0) is 14.6. The van der Waals surface area contributed by atoms with Crippen LogP contribution in [0.3, 0.4) is 0 Å². The number of aliphatic carboxylic acids is 1. The first-order valence-corrected chi connectivity index (χ1v) is 5.32. The van der Waals surface area contributed by atoms with Crippen LogP contribution >= 0.6 is 11.6 Å². The summed E-state index contributed by atoms with van der Waals surface area (Å²) in [5.41, 5.74) is 4.51. The van der Waals surface area contributed by atoms with Gasteiger partial charge in [-0.1, -0.05) is 11.6 Å². The third-order valence-electron chi connectivity index (χ3n) is 2.06. The van der Waals surface area contributed by atoms with E-state index in [0.717, 1.165) is 12.3 Å². The molecular formula is C10H9ClFN3O4. The van der Waals surface area contributed by atoms with Gasteiger partial charge in [-0.05, 0) is 6.07 Å². The number of hydrogen-bond donors (Lipinski definition) is 3. The standard InChI is InChI=1S/C10H9ClFN3O4/c11-8-5(1-4(12)3-14-8)9(17)15-6(10(18)19)2-7(13)16/h1,3,6H,2H2,(H2,13,16)(H,15,17)(H,18,19)/t6-/m1/s1. The predicted octanol–water partition coefficient (Wildman–Crippen LogP) is -0.0675. The van der Waals surface area contributed by atoms with Crippen molar-refractivity contribution in [3.63, 3.8) is 0 Å². The van der Waals surface area contributed by atoms with Gasteiger partial charge in [-0.25, -0.2) is 14.2 Å². The van der Waals surface area contributed by atoms with Crippen LogP contribution in [-0.2, 0) is 9.59 Å². The van der Waals surface area contributed by atoms with Gasteiger partial charge in [0.15, 0.2) is 0 Å². The third-order valence-corrected chi connectivity index (χ3v) is 2.36. The average Bonchev–Trinajstić information content (AvgIpc) is 2.30. The Kier molecular flexibility index (Phi) is 4.76. The number of pyridine rings is 1. The number of halogens is 2. The molecule has 1 heterocycles. The van der Waals surface area contributed by atoms with Crippen molar-refractivity contribution in [2.24, 2.45) is 5.73 Å². The molecule has 0 aromatic carbocycles. The highest BCUT2D eigenvalue weighted by molar-refractivity contribution is 6.32. The molecular weight excluding hydrogens is 281 g/mol. The number of aromatic nitrogens is 1. The van der Waals surface area contributed by atoms with Crippen LogP contribution < -0.4 is 11.1 Å². The minimum Gasteiger partial charge on any atom is -0.480 e. The summed E-state index contributed by atoms with van der Waals surface area (Å²) in [6.45, 7) is 0. The minimum absolute atomic E-state index is 0.290. The van der Waals surface area contributed by atoms with Gasteiger partial charge < -0.3 is 16.2 Å². The van der Waals surface area contributed by atoms with E-state index in [9.17, 15) is 18.8 Å². The van der Waals surface area contributed by atoms with E-state index in [1.165, 1.54) is 0 Å². The summed E-state index contributed by atoms with van der Waals surface area (Å²) >= 11 is 5.58. The molecule has 0 aliphatic rings. The molecule has 7 nitrogen and oxygen atoms in total. The van der Waals surface area contributed by atoms with Crippen LogP contribution in [0.4, 0.5) is 4.39 Å². The number of hydrogen-bond acceptors (Lipinski definition) is 4. The van der Waals surface area contributed by atoms with E-state index in [1.807, 2.05) is 5.32 Å². The fraction of sp³-hybridized carbons (Fsp3) is 0.200. The molecule has 0 radical (unpaired) electrons. The number of carboxylic acid groups (broad SMARTS) is 1. The first-order chi connectivity index (χ1) is 8.81. The fourth-order valence-electron chi connectivity index (χ4n) is 1.22. The number of amides is 2. The number of primary amides is 1. The second kappa shape index (κ2) is 6.10. The molecule has 102 valence electrons. The molecule has 0 fully saturated rings. The number of nitrogens with zero attached hydrogens (tertiary/aromatic N) is 1. The van der Waals surface area contributed by atoms with E-state index >= 15 is 0 Å². The highest BCUT2D eigenvalue weighted by Gasteiger charge is 2.24. The second-order valence-corrected chi connectivity index (χ2v) is 3.88. The van der Waals surface area contributed by atoms with E-state index in [0.29, 0.717) is 0 Å². The third kappa shape index (κ3) is 4.18. The molecule has 0 unspecified atom stereocenters. The summed E-state index contributed by atoms with van der Waals surface area (Å²) in [5.74, 6) is -4.13. The molecule has 1 atom stereocenters. The van der Waals surface area contributed by atoms with Crippen LogP contribution in [0.1, 0.15) is 16.8 Å². The normalized spacial score (nSPS) is 11.7. The largest absolute Gasteiger partial charge is 0.480 e. The van der Waals surface area contributed by atoms with E-state index in [4.69, 9.17) is 22.4 Å². The lowest BCUT2D eigenvalue weighted by molar-refractivity contribution is -0.140. The maximum atomic E-state index is 12.9. The van der Waals surface area contributed by atoms with Crippen LogP contribution in [0.15, 0.2) is 12.3 Å². The zero-order valence-electron chi connectivity index (χ0n) is 9.39. The molecule has 2 amide bonds. The van der Waals surface area contributed by atoms with Gasteiger partial charge in [0.2, 0.25) is 5.91 Å². The van der Waals surface area contributed by atoms with Gasteiger partial charge in [-0.15, -0.1) is 0 Å². The van der Waals surface area contributed by atoms with Crippen LogP contribution in [0.5, 0.6) is 0 Å². The maximum absolute atomic E-state index is 12.9. The van der Waals surface area contributed by atoms with Crippen molar-refractivity contribution >= 4 is 29.4 Å². The number of carboxylic acids is 1. The van der Waals surface area contributed by atoms with Gasteiger partial charge >= 0.3 is 5.97 Å². The fourth-order valence-corrected chi connectivity index (χ4v) is 1.41. The molecule has 0 aliphatic heterocycles. The summed E-state index contributed by atoms with van der Waals surface area (Å²) in [5, 5.41) is 10.5. The molecule has 1 rings (SSSR count). The van der Waals surface area contributed by atoms with Crippen LogP contribution in [0.25, 0.3) is 0 Å². The molecule has 1 aromatic rings. The summed E-state index contributed by atoms with van der Waals surface area (Å²) in [6.07, 6.45) is 0.207. The summed E-state index contributed by atoms with van der Waals surface area (Å²) in [4.78, 5) is 36.6. The molecule has 4 N–H and O–H groups in total. The average molecular weight is 290 g/mol. The first kappa shape index (κ1) is 14.8. The Morgan fingerprint density at radius 2 is 2.16 bits per heavy atom. The Morgan fingerprint density at radius 3 is 2.68 bits per heavy atom. The number of carbonyl (C=O) groups excluding carboxylic acids is 2. The number of rotatable bonds is 5. The summed E-state index contributed by atoms with van der Waals surface area (Å²) in [6, 6.07) is -0.724. The highest BCUT2D eigenvalue weighted by atomic mass is 35.5. The molecule has 0 spiro atoms. The summed E-state index contributed by atoms with van der Waals surface area (Å²) in [7, 11) is 0. The quantitative estimate of drug-likeness (QED) is 0.655. The zero-order valence-corrected chi connectivity index (χ0v) is 10.1. The molecule has 0 saturated carbocycles. The van der Waals surface area contributed by atoms with Crippen LogP contribution in [-0.4, -0.2) is 33.9 Å². The van der Waals surface area contributed by atoms with E-state index in [2.05, 4.69) is 4.98 Å². The molecule has 19 heavy (non-hydrogen) atoms. The lowest BCUT2D eigenvalue weighted by Crippen LogP contribution is -2.43. The Hall–Kier alpha value is -2.22. The predicted molar refractivity (Wildman–Crippen MR) is 61.9 cm³/mol. The molecule has 0 saturated heterocycles. The lowest BCUT2D eigenvalue weighted by Gasteiger charge is -2.13. The van der Waals surface area contributed by atoms with Crippen molar-refractivity contribution in [3.8, 4) is 0 Å². The SMILES string of the molecule is NC(=O)C[C@@H](NC(=O)c1cc(F)cnc1Cl)C(=O)O. The monoisotopic (exact) mass is 289 g/mol. The van der Waals surface area contributed by atoms with Gasteiger partial charge in [0.1, 0.15) is 17.0 Å². The highest BCUT2D eigenvalue weighted by Crippen LogP contribution is 2.13. The molecule has 0 bridgehead atoms. The van der Waals surface area contributed by atoms with Crippen molar-refractivity contribution in [3.05, 3.63) is 28.8 Å². The Balaban J connectivity index is 2.90. The Labute approximate surface area is 111 Å². The van der Waals surface area contributed by atoms with Crippen molar-refractivity contribution in [1.82, 2.24) is 10.3 Å². The lowest BCUT2D eigenvalue weighted by atomic mass is 10.1. The molecule has 1 aromatic heterocycles. The summed E-state index contributed by atoms with van der Waals surface area (Å²) < 4.78 is 12.9. The van der Waals surface area contributed by atoms with E-state index < -0.39 is 36.1 Å². The van der Waals surface area contributed by atoms with Gasteiger partial charge in [0, 0.05) is 0 Å². The molecule has 0 aliphatic carbocycles. The molecule has 9 heteroatoms. The van der Waals surface area contributed by atoms with Crippen molar-refractivity contribution in [2.75, 3.05) is 0 Å². The Morgan fingerprint density at radius 1 is 1.53 bits per heavy atom. The van der Waals surface area contributed by atoms with Gasteiger partial charge in [0.25, 0.3) is 5.91 Å². The van der Waals surface area contributed by atoms with E-state index in [-0.39, 0.29) is 10.7 Å². The first-order valence-electron chi connectivity index (χ1n) is 4.94. The van der Waals surface area contributed by atoms with Crippen LogP contribution in [0, 0.1) is 5.82 Å². The maximum Gasteiger partial charge on any atom is 0.326 e. The van der Waals surface area contributed by atoms with Gasteiger partial charge in [0.05, 0.1) is 18.2 Å². The number of nitrogens with one attached hydrogen (secondary N) is 1. The Bertz CT molecular complexity index is 538. The van der Waals surface area contributed by atoms with Crippen LogP contribution in [0.2, 0.25) is 5.15 Å². The van der Waals surface area contributed by atoms with Gasteiger partial charge in [-0.2, -0.15) is 0 Å². The van der Waals surface area contributed by atoms with Crippen molar-refractivity contribution in [2.45, 2.75) is 12.5 Å². The smallest absolute Gasteiger partial charge is 0.326 e. The minimum atomic E-state index is -1.52. The van der Waals surface area contributed by atoms with Crippen molar-refractivity contribution in [1.29, 1.82) is 0 Å². The number of nitrogens with two attached hydrogens (primary N) is 1. The van der Waals surface area contributed by atoms with Crippen molar-refractivity contribution < 1.29 is 23.9 Å².